The van der Waals surface area contributed by atoms with E-state index in [0.29, 0.717) is 46.6 Å². The third-order valence-corrected chi connectivity index (χ3v) is 8.21. The molecule has 2 N–H and O–H groups in total. The van der Waals surface area contributed by atoms with Crippen molar-refractivity contribution in [3.05, 3.63) is 94.2 Å². The molecule has 1 atom stereocenters. The van der Waals surface area contributed by atoms with Crippen molar-refractivity contribution in [3.63, 3.8) is 0 Å². The molecule has 0 bridgehead atoms. The maximum absolute atomic E-state index is 15.4. The second-order valence-corrected chi connectivity index (χ2v) is 10.7. The van der Waals surface area contributed by atoms with Crippen LogP contribution in [0.5, 0.6) is 11.5 Å². The Morgan fingerprint density at radius 3 is 2.52 bits per heavy atom. The molecule has 0 fully saturated rings. The van der Waals surface area contributed by atoms with Crippen LogP contribution in [0.1, 0.15) is 37.3 Å². The Bertz CT molecular complexity index is 1310. The molecule has 0 spiro atoms. The van der Waals surface area contributed by atoms with Crippen molar-refractivity contribution in [2.75, 3.05) is 37.0 Å². The number of benzene rings is 3. The van der Waals surface area contributed by atoms with Crippen LogP contribution in [0.25, 0.3) is 0 Å². The topological polar surface area (TPSA) is 66.9 Å². The maximum Gasteiger partial charge on any atom is 0.195 e. The lowest BCUT2D eigenvalue weighted by molar-refractivity contribution is 0.277. The molecular weight excluding hydrogens is 569 g/mol. The summed E-state index contributed by atoms with van der Waals surface area (Å²) in [6.07, 6.45) is 2.30. The lowest BCUT2D eigenvalue weighted by Crippen LogP contribution is -2.16. The van der Waals surface area contributed by atoms with Gasteiger partial charge in [0.15, 0.2) is 5.13 Å². The lowest BCUT2D eigenvalue weighted by atomic mass is 9.96. The molecule has 1 heterocycles. The summed E-state index contributed by atoms with van der Waals surface area (Å²) in [5, 5.41) is 15.8. The average Bonchev–Trinajstić information content (AvgIpc) is 3.54. The number of ether oxygens (including phenoxy) is 2. The standard InChI is InChI=1S/C28H29ClFN3O3S2.C2H6/c1-35-22-9-8-21(26(14-22)36-2)18-33(28-31-11-13-37-28)38-27-15-23(29)25(16-24(27)30)32-17-20(10-12-34)19-6-4-3-5-7-19;1-2/h3-9,11,13-16,20,32,34H,10,12,17-18H2,1-2H3;1-2H3. The van der Waals surface area contributed by atoms with Crippen molar-refractivity contribution in [1.29, 1.82) is 0 Å². The number of anilines is 2. The summed E-state index contributed by atoms with van der Waals surface area (Å²) in [5.74, 6) is 1.02. The lowest BCUT2D eigenvalue weighted by Gasteiger charge is -2.23. The van der Waals surface area contributed by atoms with Crippen LogP contribution in [0.3, 0.4) is 0 Å². The average molecular weight is 604 g/mol. The molecule has 3 aromatic carbocycles. The Morgan fingerprint density at radius 2 is 1.88 bits per heavy atom. The molecule has 0 aliphatic heterocycles. The Labute approximate surface area is 249 Å². The van der Waals surface area contributed by atoms with Crippen molar-refractivity contribution in [2.24, 2.45) is 0 Å². The van der Waals surface area contributed by atoms with E-state index in [1.165, 1.54) is 29.4 Å². The van der Waals surface area contributed by atoms with Gasteiger partial charge in [-0.25, -0.2) is 9.37 Å². The summed E-state index contributed by atoms with van der Waals surface area (Å²) in [5.41, 5.74) is 2.51. The van der Waals surface area contributed by atoms with Crippen LogP contribution in [-0.4, -0.2) is 37.5 Å². The molecule has 40 heavy (non-hydrogen) atoms. The molecule has 4 aromatic rings. The van der Waals surface area contributed by atoms with E-state index < -0.39 is 5.82 Å². The number of hydrogen-bond acceptors (Lipinski definition) is 8. The van der Waals surface area contributed by atoms with Gasteiger partial charge in [0.2, 0.25) is 0 Å². The molecule has 4 rings (SSSR count). The van der Waals surface area contributed by atoms with E-state index in [-0.39, 0.29) is 12.5 Å². The second kappa shape index (κ2) is 16.3. The van der Waals surface area contributed by atoms with E-state index in [4.69, 9.17) is 21.1 Å². The van der Waals surface area contributed by atoms with Crippen LogP contribution in [-0.2, 0) is 6.54 Å². The molecule has 214 valence electrons. The predicted molar refractivity (Wildman–Crippen MR) is 166 cm³/mol. The third kappa shape index (κ3) is 8.51. The Kier molecular flexibility index (Phi) is 12.9. The molecule has 0 saturated carbocycles. The van der Waals surface area contributed by atoms with Crippen molar-refractivity contribution in [1.82, 2.24) is 4.98 Å². The van der Waals surface area contributed by atoms with E-state index in [1.807, 2.05) is 72.1 Å². The monoisotopic (exact) mass is 603 g/mol. The Balaban J connectivity index is 0.00000216. The summed E-state index contributed by atoms with van der Waals surface area (Å²) in [4.78, 5) is 4.81. The van der Waals surface area contributed by atoms with Gasteiger partial charge in [-0.1, -0.05) is 55.8 Å². The van der Waals surface area contributed by atoms with Gasteiger partial charge in [0.25, 0.3) is 0 Å². The van der Waals surface area contributed by atoms with Gasteiger partial charge in [0, 0.05) is 42.3 Å². The second-order valence-electron chi connectivity index (χ2n) is 8.38. The normalized spacial score (nSPS) is 11.3. The van der Waals surface area contributed by atoms with Gasteiger partial charge in [0.1, 0.15) is 17.3 Å². The van der Waals surface area contributed by atoms with Gasteiger partial charge in [-0.2, -0.15) is 0 Å². The number of aromatic nitrogens is 1. The van der Waals surface area contributed by atoms with E-state index in [2.05, 4.69) is 10.3 Å². The highest BCUT2D eigenvalue weighted by Crippen LogP contribution is 2.38. The number of methoxy groups -OCH3 is 2. The van der Waals surface area contributed by atoms with Crippen molar-refractivity contribution < 1.29 is 19.0 Å². The Morgan fingerprint density at radius 1 is 1.10 bits per heavy atom. The maximum atomic E-state index is 15.4. The number of aliphatic hydroxyl groups excluding tert-OH is 1. The predicted octanol–water partition coefficient (Wildman–Crippen LogP) is 8.27. The minimum absolute atomic E-state index is 0.0600. The molecular formula is C30H35ClFN3O3S2. The van der Waals surface area contributed by atoms with E-state index >= 15 is 4.39 Å². The molecule has 0 amide bonds. The third-order valence-electron chi connectivity index (χ3n) is 5.96. The van der Waals surface area contributed by atoms with Crippen LogP contribution in [0.15, 0.2) is 77.1 Å². The summed E-state index contributed by atoms with van der Waals surface area (Å²) in [6.45, 7) is 4.99. The zero-order valence-electron chi connectivity index (χ0n) is 23.1. The van der Waals surface area contributed by atoms with E-state index in [0.717, 1.165) is 16.3 Å². The molecule has 10 heteroatoms. The van der Waals surface area contributed by atoms with Crippen LogP contribution in [0, 0.1) is 5.82 Å². The molecule has 0 radical (unpaired) electrons. The number of nitrogens with zero attached hydrogens (tertiary/aromatic N) is 2. The summed E-state index contributed by atoms with van der Waals surface area (Å²) in [6, 6.07) is 18.6. The molecule has 0 aliphatic rings. The molecule has 0 aliphatic carbocycles. The first-order chi connectivity index (χ1) is 19.5. The van der Waals surface area contributed by atoms with Gasteiger partial charge in [-0.15, -0.1) is 11.3 Å². The van der Waals surface area contributed by atoms with E-state index in [9.17, 15) is 5.11 Å². The fraction of sp³-hybridized carbons (Fsp3) is 0.300. The molecule has 0 saturated heterocycles. The minimum atomic E-state index is -0.399. The number of halogens is 2. The quantitative estimate of drug-likeness (QED) is 0.149. The van der Waals surface area contributed by atoms with Gasteiger partial charge in [-0.3, -0.25) is 4.31 Å². The molecule has 6 nitrogen and oxygen atoms in total. The fourth-order valence-corrected chi connectivity index (χ4v) is 5.94. The first kappa shape index (κ1) is 31.5. The number of hydrogen-bond donors (Lipinski definition) is 2. The van der Waals surface area contributed by atoms with E-state index in [1.54, 1.807) is 26.5 Å². The molecule has 1 aromatic heterocycles. The SMILES string of the molecule is CC.COc1ccc(CN(Sc2cc(Cl)c(NCC(CCO)c3ccccc3)cc2F)c2nccs2)c(OC)c1. The highest BCUT2D eigenvalue weighted by atomic mass is 35.5. The number of nitrogens with one attached hydrogen (secondary N) is 1. The molecule has 1 unspecified atom stereocenters. The first-order valence-electron chi connectivity index (χ1n) is 13.0. The Hall–Kier alpha value is -2.98. The number of thiazole rings is 1. The smallest absolute Gasteiger partial charge is 0.195 e. The van der Waals surface area contributed by atoms with Gasteiger partial charge in [-0.05, 0) is 48.2 Å². The van der Waals surface area contributed by atoms with Crippen molar-refractivity contribution >= 4 is 45.7 Å². The zero-order chi connectivity index (χ0) is 28.9. The van der Waals surface area contributed by atoms with Crippen molar-refractivity contribution in [2.45, 2.75) is 37.6 Å². The summed E-state index contributed by atoms with van der Waals surface area (Å²) in [7, 11) is 3.21. The highest BCUT2D eigenvalue weighted by molar-refractivity contribution is 8.00. The van der Waals surface area contributed by atoms with Crippen LogP contribution in [0.2, 0.25) is 5.02 Å². The van der Waals surface area contributed by atoms with Gasteiger partial charge in [0.05, 0.1) is 36.4 Å². The zero-order valence-corrected chi connectivity index (χ0v) is 25.5. The summed E-state index contributed by atoms with van der Waals surface area (Å²) < 4.78 is 28.1. The number of rotatable bonds is 13. The van der Waals surface area contributed by atoms with Gasteiger partial charge < -0.3 is 19.9 Å². The van der Waals surface area contributed by atoms with Crippen molar-refractivity contribution in [3.8, 4) is 11.5 Å². The first-order valence-corrected chi connectivity index (χ1v) is 15.0. The largest absolute Gasteiger partial charge is 0.497 e. The van der Waals surface area contributed by atoms with Crippen LogP contribution in [0.4, 0.5) is 15.2 Å². The van der Waals surface area contributed by atoms with Crippen LogP contribution < -0.4 is 19.1 Å². The summed E-state index contributed by atoms with van der Waals surface area (Å²) >= 11 is 9.28. The minimum Gasteiger partial charge on any atom is -0.497 e. The number of aliphatic hydroxyl groups is 1. The van der Waals surface area contributed by atoms with Gasteiger partial charge >= 0.3 is 0 Å². The van der Waals surface area contributed by atoms with Crippen LogP contribution >= 0.6 is 34.9 Å². The fourth-order valence-electron chi connectivity index (χ4n) is 3.97. The highest BCUT2D eigenvalue weighted by Gasteiger charge is 2.19.